The van der Waals surface area contributed by atoms with E-state index < -0.39 is 0 Å². The third-order valence-corrected chi connectivity index (χ3v) is 3.73. The maximum absolute atomic E-state index is 12.5. The van der Waals surface area contributed by atoms with E-state index in [2.05, 4.69) is 6.08 Å². The van der Waals surface area contributed by atoms with Gasteiger partial charge in [0.05, 0.1) is 0 Å². The first-order valence-electron chi connectivity index (χ1n) is 7.19. The molecule has 0 spiro atoms. The van der Waals surface area contributed by atoms with Gasteiger partial charge in [0.1, 0.15) is 0 Å². The highest BCUT2D eigenvalue weighted by molar-refractivity contribution is 6.08. The van der Waals surface area contributed by atoms with E-state index >= 15 is 0 Å². The summed E-state index contributed by atoms with van der Waals surface area (Å²) >= 11 is 0. The standard InChI is InChI=1S/C17H23NO/c1-18(2)16-12-10-15(11-13-16)17(19)14-8-6-4-3-5-7-9-14/h8,10-13H,3-7,9H2,1-2H3/b14-8+. The van der Waals surface area contributed by atoms with E-state index in [0.29, 0.717) is 0 Å². The third-order valence-electron chi connectivity index (χ3n) is 3.73. The van der Waals surface area contributed by atoms with Gasteiger partial charge in [-0.2, -0.15) is 0 Å². The summed E-state index contributed by atoms with van der Waals surface area (Å²) in [7, 11) is 4.02. The molecule has 0 radical (unpaired) electrons. The van der Waals surface area contributed by atoms with Crippen LogP contribution >= 0.6 is 0 Å². The van der Waals surface area contributed by atoms with Crippen LogP contribution in [0.3, 0.4) is 0 Å². The molecule has 0 heterocycles. The van der Waals surface area contributed by atoms with Crippen LogP contribution in [0.5, 0.6) is 0 Å². The Morgan fingerprint density at radius 3 is 2.37 bits per heavy atom. The smallest absolute Gasteiger partial charge is 0.188 e. The zero-order valence-corrected chi connectivity index (χ0v) is 12.0. The number of Topliss-reactive ketones (excluding diaryl/α,β-unsaturated/α-hetero) is 1. The van der Waals surface area contributed by atoms with Crippen molar-refractivity contribution in [3.05, 3.63) is 41.5 Å². The first-order chi connectivity index (χ1) is 9.18. The normalized spacial score (nSPS) is 18.9. The van der Waals surface area contributed by atoms with Gasteiger partial charge >= 0.3 is 0 Å². The first-order valence-corrected chi connectivity index (χ1v) is 7.19. The fraction of sp³-hybridized carbons (Fsp3) is 0.471. The molecule has 0 fully saturated rings. The van der Waals surface area contributed by atoms with Gasteiger partial charge in [-0.05, 0) is 55.5 Å². The van der Waals surface area contributed by atoms with E-state index in [1.165, 1.54) is 19.3 Å². The average molecular weight is 257 g/mol. The lowest BCUT2D eigenvalue weighted by atomic mass is 9.94. The number of benzene rings is 1. The predicted octanol–water partition coefficient (Wildman–Crippen LogP) is 4.22. The second-order valence-electron chi connectivity index (χ2n) is 5.45. The number of ketones is 1. The van der Waals surface area contributed by atoms with Gasteiger partial charge in [-0.1, -0.05) is 18.9 Å². The lowest BCUT2D eigenvalue weighted by molar-refractivity contribution is 0.102. The van der Waals surface area contributed by atoms with Crippen LogP contribution in [0.2, 0.25) is 0 Å². The average Bonchev–Trinajstić information content (AvgIpc) is 2.38. The second kappa shape index (κ2) is 6.55. The van der Waals surface area contributed by atoms with Crippen LogP contribution in [0.25, 0.3) is 0 Å². The van der Waals surface area contributed by atoms with E-state index in [-0.39, 0.29) is 5.78 Å². The van der Waals surface area contributed by atoms with Crippen molar-refractivity contribution < 1.29 is 4.79 Å². The van der Waals surface area contributed by atoms with Crippen LogP contribution in [0, 0.1) is 0 Å². The Balaban J connectivity index is 2.13. The second-order valence-corrected chi connectivity index (χ2v) is 5.45. The summed E-state index contributed by atoms with van der Waals surface area (Å²) in [5.74, 6) is 0.215. The Bertz CT molecular complexity index is 457. The highest BCUT2D eigenvalue weighted by atomic mass is 16.1. The van der Waals surface area contributed by atoms with E-state index in [4.69, 9.17) is 0 Å². The van der Waals surface area contributed by atoms with Gasteiger partial charge in [0.2, 0.25) is 0 Å². The van der Waals surface area contributed by atoms with Crippen molar-refractivity contribution >= 4 is 11.5 Å². The monoisotopic (exact) mass is 257 g/mol. The number of hydrogen-bond donors (Lipinski definition) is 0. The summed E-state index contributed by atoms with van der Waals surface area (Å²) in [5.41, 5.74) is 2.96. The van der Waals surface area contributed by atoms with Crippen molar-refractivity contribution in [2.24, 2.45) is 0 Å². The molecule has 0 bridgehead atoms. The number of hydrogen-bond acceptors (Lipinski definition) is 2. The minimum Gasteiger partial charge on any atom is -0.378 e. The van der Waals surface area contributed by atoms with Crippen molar-refractivity contribution in [1.29, 1.82) is 0 Å². The molecular formula is C17H23NO. The van der Waals surface area contributed by atoms with Crippen molar-refractivity contribution in [2.75, 3.05) is 19.0 Å². The molecule has 2 nitrogen and oxygen atoms in total. The number of nitrogens with zero attached hydrogens (tertiary/aromatic N) is 1. The zero-order valence-electron chi connectivity index (χ0n) is 12.0. The Kier molecular flexibility index (Phi) is 4.78. The van der Waals surface area contributed by atoms with Gasteiger partial charge in [-0.3, -0.25) is 4.79 Å². The van der Waals surface area contributed by atoms with Crippen LogP contribution in [-0.2, 0) is 0 Å². The maximum Gasteiger partial charge on any atom is 0.188 e. The summed E-state index contributed by atoms with van der Waals surface area (Å²) in [6.45, 7) is 0. The molecule has 0 N–H and O–H groups in total. The number of rotatable bonds is 3. The van der Waals surface area contributed by atoms with Crippen molar-refractivity contribution in [3.63, 3.8) is 0 Å². The summed E-state index contributed by atoms with van der Waals surface area (Å²) in [5, 5.41) is 0. The summed E-state index contributed by atoms with van der Waals surface area (Å²) in [4.78, 5) is 14.5. The molecule has 0 saturated heterocycles. The predicted molar refractivity (Wildman–Crippen MR) is 80.9 cm³/mol. The van der Waals surface area contributed by atoms with Crippen LogP contribution < -0.4 is 4.90 Å². The molecule has 102 valence electrons. The highest BCUT2D eigenvalue weighted by Gasteiger charge is 2.13. The number of carbonyl (C=O) groups is 1. The van der Waals surface area contributed by atoms with Gasteiger partial charge in [-0.15, -0.1) is 0 Å². The minimum absolute atomic E-state index is 0.215. The Labute approximate surface area is 116 Å². The lowest BCUT2D eigenvalue weighted by Crippen LogP contribution is -2.09. The summed E-state index contributed by atoms with van der Waals surface area (Å²) < 4.78 is 0. The van der Waals surface area contributed by atoms with Gasteiger partial charge in [0.15, 0.2) is 5.78 Å². The SMILES string of the molecule is CN(C)c1ccc(C(=O)/C2=C/CCCCCC2)cc1. The van der Waals surface area contributed by atoms with E-state index in [1.54, 1.807) is 0 Å². The zero-order chi connectivity index (χ0) is 13.7. The Morgan fingerprint density at radius 1 is 1.00 bits per heavy atom. The summed E-state index contributed by atoms with van der Waals surface area (Å²) in [6, 6.07) is 7.90. The van der Waals surface area contributed by atoms with Crippen molar-refractivity contribution in [2.45, 2.75) is 38.5 Å². The van der Waals surface area contributed by atoms with Gasteiger partial charge in [-0.25, -0.2) is 0 Å². The Morgan fingerprint density at radius 2 is 1.68 bits per heavy atom. The molecule has 1 aromatic rings. The molecule has 1 aromatic carbocycles. The van der Waals surface area contributed by atoms with E-state index in [9.17, 15) is 4.79 Å². The van der Waals surface area contributed by atoms with Crippen LogP contribution in [0.4, 0.5) is 5.69 Å². The molecule has 19 heavy (non-hydrogen) atoms. The Hall–Kier alpha value is -1.57. The molecule has 0 amide bonds. The van der Waals surface area contributed by atoms with Crippen LogP contribution in [0.1, 0.15) is 48.9 Å². The number of carbonyl (C=O) groups excluding carboxylic acids is 1. The van der Waals surface area contributed by atoms with Crippen molar-refractivity contribution in [1.82, 2.24) is 0 Å². The van der Waals surface area contributed by atoms with Crippen LogP contribution in [0.15, 0.2) is 35.9 Å². The highest BCUT2D eigenvalue weighted by Crippen LogP contribution is 2.21. The molecule has 0 saturated carbocycles. The quantitative estimate of drug-likeness (QED) is 0.756. The van der Waals surface area contributed by atoms with Gasteiger partial charge in [0, 0.05) is 25.3 Å². The molecule has 0 atom stereocenters. The molecule has 0 aromatic heterocycles. The molecule has 1 aliphatic rings. The van der Waals surface area contributed by atoms with Crippen molar-refractivity contribution in [3.8, 4) is 0 Å². The molecular weight excluding hydrogens is 234 g/mol. The summed E-state index contributed by atoms with van der Waals surface area (Å²) in [6.07, 6.45) is 9.07. The maximum atomic E-state index is 12.5. The molecule has 2 rings (SSSR count). The largest absolute Gasteiger partial charge is 0.378 e. The molecule has 0 unspecified atom stereocenters. The van der Waals surface area contributed by atoms with E-state index in [0.717, 1.165) is 36.1 Å². The lowest BCUT2D eigenvalue weighted by Gasteiger charge is -2.14. The van der Waals surface area contributed by atoms with Gasteiger partial charge < -0.3 is 4.90 Å². The molecule has 2 heteroatoms. The first kappa shape index (κ1) is 13.9. The van der Waals surface area contributed by atoms with Crippen LogP contribution in [-0.4, -0.2) is 19.9 Å². The minimum atomic E-state index is 0.215. The number of anilines is 1. The fourth-order valence-corrected chi connectivity index (χ4v) is 2.49. The van der Waals surface area contributed by atoms with Gasteiger partial charge in [0.25, 0.3) is 0 Å². The number of allylic oxidation sites excluding steroid dienone is 2. The fourth-order valence-electron chi connectivity index (χ4n) is 2.49. The third kappa shape index (κ3) is 3.69. The molecule has 1 aliphatic carbocycles. The topological polar surface area (TPSA) is 20.3 Å². The molecule has 0 aliphatic heterocycles. The van der Waals surface area contributed by atoms with E-state index in [1.807, 2.05) is 43.3 Å².